The highest BCUT2D eigenvalue weighted by atomic mass is 35.5. The van der Waals surface area contributed by atoms with Gasteiger partial charge in [-0.25, -0.2) is 4.79 Å². The van der Waals surface area contributed by atoms with E-state index in [1.165, 1.54) is 0 Å². The normalized spacial score (nSPS) is 9.07. The molecule has 1 aromatic rings. The monoisotopic (exact) mass is 216 g/mol. The molecule has 1 aromatic carbocycles. The summed E-state index contributed by atoms with van der Waals surface area (Å²) in [5.74, 6) is 4.34. The second-order valence-electron chi connectivity index (χ2n) is 2.86. The number of hydrogen-bond acceptors (Lipinski definition) is 3. The van der Waals surface area contributed by atoms with Gasteiger partial charge in [0.1, 0.15) is 0 Å². The van der Waals surface area contributed by atoms with E-state index in [-0.39, 0.29) is 12.4 Å². The predicted molar refractivity (Wildman–Crippen MR) is 57.9 cm³/mol. The van der Waals surface area contributed by atoms with Gasteiger partial charge in [0.2, 0.25) is 0 Å². The Morgan fingerprint density at radius 1 is 1.36 bits per heavy atom. The molecule has 0 saturated heterocycles. The Bertz CT molecular complexity index is 353. The van der Waals surface area contributed by atoms with Crippen molar-refractivity contribution in [2.24, 2.45) is 5.84 Å². The number of carboxylic acids is 1. The van der Waals surface area contributed by atoms with E-state index in [4.69, 9.17) is 10.9 Å². The maximum Gasteiger partial charge on any atom is 0.335 e. The number of rotatable bonds is 2. The first-order valence-corrected chi connectivity index (χ1v) is 3.88. The molecule has 5 heteroatoms. The average Bonchev–Trinajstić information content (AvgIpc) is 2.09. The molecule has 0 bridgehead atoms. The molecule has 0 spiro atoms. The second-order valence-corrected chi connectivity index (χ2v) is 2.86. The number of benzene rings is 1. The molecule has 4 N–H and O–H groups in total. The maximum absolute atomic E-state index is 10.7. The van der Waals surface area contributed by atoms with Crippen molar-refractivity contribution >= 4 is 24.1 Å². The molecule has 0 unspecified atom stereocenters. The quantitative estimate of drug-likeness (QED) is 0.520. The van der Waals surface area contributed by atoms with Crippen LogP contribution in [0.25, 0.3) is 0 Å². The summed E-state index contributed by atoms with van der Waals surface area (Å²) in [4.78, 5) is 10.7. The Labute approximate surface area is 88.5 Å². The van der Waals surface area contributed by atoms with Gasteiger partial charge in [0.05, 0.1) is 11.3 Å². The minimum Gasteiger partial charge on any atom is -0.478 e. The first-order chi connectivity index (χ1) is 6.07. The van der Waals surface area contributed by atoms with Crippen molar-refractivity contribution in [1.82, 2.24) is 0 Å². The van der Waals surface area contributed by atoms with Crippen molar-refractivity contribution in [2.45, 2.75) is 13.8 Å². The highest BCUT2D eigenvalue weighted by molar-refractivity contribution is 5.90. The molecule has 0 aliphatic carbocycles. The number of nitrogens with two attached hydrogens (primary N) is 1. The van der Waals surface area contributed by atoms with E-state index < -0.39 is 5.97 Å². The smallest absolute Gasteiger partial charge is 0.335 e. The molecule has 4 nitrogen and oxygen atoms in total. The van der Waals surface area contributed by atoms with E-state index in [1.807, 2.05) is 6.92 Å². The number of halogens is 1. The van der Waals surface area contributed by atoms with Gasteiger partial charge in [-0.15, -0.1) is 12.4 Å². The van der Waals surface area contributed by atoms with Gasteiger partial charge in [0, 0.05) is 0 Å². The van der Waals surface area contributed by atoms with E-state index in [0.29, 0.717) is 5.56 Å². The van der Waals surface area contributed by atoms with Crippen LogP contribution in [-0.4, -0.2) is 11.1 Å². The standard InChI is InChI=1S/C9H12N2O2.ClH/c1-5-6(2)8(11-10)4-3-7(5)9(12)13;/h3-4,11H,10H2,1-2H3,(H,12,13);1H. The summed E-state index contributed by atoms with van der Waals surface area (Å²) < 4.78 is 0. The van der Waals surface area contributed by atoms with Gasteiger partial charge in [0.25, 0.3) is 0 Å². The topological polar surface area (TPSA) is 75.3 Å². The zero-order chi connectivity index (χ0) is 10.0. The molecule has 78 valence electrons. The second kappa shape index (κ2) is 4.83. The molecule has 0 aliphatic heterocycles. The van der Waals surface area contributed by atoms with Crippen LogP contribution in [0.4, 0.5) is 5.69 Å². The Morgan fingerprint density at radius 2 is 1.93 bits per heavy atom. The third-order valence-electron chi connectivity index (χ3n) is 2.17. The Balaban J connectivity index is 0.00000169. The third-order valence-corrected chi connectivity index (χ3v) is 2.17. The molecule has 14 heavy (non-hydrogen) atoms. The van der Waals surface area contributed by atoms with Crippen LogP contribution in [-0.2, 0) is 0 Å². The van der Waals surface area contributed by atoms with Crippen molar-refractivity contribution < 1.29 is 9.90 Å². The highest BCUT2D eigenvalue weighted by Crippen LogP contribution is 2.20. The Hall–Kier alpha value is -1.26. The number of anilines is 1. The van der Waals surface area contributed by atoms with Gasteiger partial charge in [-0.05, 0) is 37.1 Å². The maximum atomic E-state index is 10.7. The van der Waals surface area contributed by atoms with Crippen molar-refractivity contribution in [3.8, 4) is 0 Å². The summed E-state index contributed by atoms with van der Waals surface area (Å²) in [6, 6.07) is 3.20. The summed E-state index contributed by atoms with van der Waals surface area (Å²) in [6.45, 7) is 3.59. The molecule has 0 heterocycles. The van der Waals surface area contributed by atoms with Gasteiger partial charge >= 0.3 is 5.97 Å². The largest absolute Gasteiger partial charge is 0.478 e. The van der Waals surface area contributed by atoms with Crippen LogP contribution in [0.15, 0.2) is 12.1 Å². The van der Waals surface area contributed by atoms with E-state index in [2.05, 4.69) is 5.43 Å². The number of nitrogen functional groups attached to an aromatic ring is 1. The van der Waals surface area contributed by atoms with Gasteiger partial charge in [-0.3, -0.25) is 5.84 Å². The molecule has 0 atom stereocenters. The number of aromatic carboxylic acids is 1. The van der Waals surface area contributed by atoms with Crippen LogP contribution in [0.3, 0.4) is 0 Å². The highest BCUT2D eigenvalue weighted by Gasteiger charge is 2.10. The fourth-order valence-corrected chi connectivity index (χ4v) is 1.21. The van der Waals surface area contributed by atoms with Gasteiger partial charge in [0.15, 0.2) is 0 Å². The molecule has 0 aromatic heterocycles. The molecular weight excluding hydrogens is 204 g/mol. The zero-order valence-electron chi connectivity index (χ0n) is 8.00. The van der Waals surface area contributed by atoms with Gasteiger partial charge in [-0.2, -0.15) is 0 Å². The fraction of sp³-hybridized carbons (Fsp3) is 0.222. The molecule has 1 rings (SSSR count). The van der Waals surface area contributed by atoms with Crippen molar-refractivity contribution in [1.29, 1.82) is 0 Å². The third kappa shape index (κ3) is 2.16. The number of nitrogens with one attached hydrogen (secondary N) is 1. The SMILES string of the molecule is Cc1c(NN)ccc(C(=O)O)c1C.Cl. The number of carbonyl (C=O) groups is 1. The lowest BCUT2D eigenvalue weighted by atomic mass is 10.0. The molecule has 0 amide bonds. The van der Waals surface area contributed by atoms with E-state index >= 15 is 0 Å². The molecule has 0 radical (unpaired) electrons. The minimum absolute atomic E-state index is 0. The number of hydrazine groups is 1. The van der Waals surface area contributed by atoms with Crippen LogP contribution in [0, 0.1) is 13.8 Å². The molecule has 0 saturated carbocycles. The fourth-order valence-electron chi connectivity index (χ4n) is 1.21. The van der Waals surface area contributed by atoms with Crippen LogP contribution >= 0.6 is 12.4 Å². The summed E-state index contributed by atoms with van der Waals surface area (Å²) in [6.07, 6.45) is 0. The zero-order valence-corrected chi connectivity index (χ0v) is 8.81. The summed E-state index contributed by atoms with van der Waals surface area (Å²) in [5, 5.41) is 8.80. The average molecular weight is 217 g/mol. The molecule has 0 fully saturated rings. The summed E-state index contributed by atoms with van der Waals surface area (Å²) in [5.41, 5.74) is 5.18. The lowest BCUT2D eigenvalue weighted by Gasteiger charge is -2.09. The first kappa shape index (κ1) is 12.7. The predicted octanol–water partition coefficient (Wildman–Crippen LogP) is 1.71. The van der Waals surface area contributed by atoms with Crippen molar-refractivity contribution in [3.63, 3.8) is 0 Å². The van der Waals surface area contributed by atoms with E-state index in [0.717, 1.165) is 16.8 Å². The summed E-state index contributed by atoms with van der Waals surface area (Å²) in [7, 11) is 0. The Kier molecular flexibility index (Phi) is 4.40. The van der Waals surface area contributed by atoms with Crippen molar-refractivity contribution in [2.75, 3.05) is 5.43 Å². The molecular formula is C9H13ClN2O2. The van der Waals surface area contributed by atoms with Crippen LogP contribution in [0.1, 0.15) is 21.5 Å². The number of hydrogen-bond donors (Lipinski definition) is 3. The van der Waals surface area contributed by atoms with Crippen LogP contribution < -0.4 is 11.3 Å². The van der Waals surface area contributed by atoms with E-state index in [1.54, 1.807) is 19.1 Å². The van der Waals surface area contributed by atoms with Gasteiger partial charge < -0.3 is 10.5 Å². The van der Waals surface area contributed by atoms with Crippen molar-refractivity contribution in [3.05, 3.63) is 28.8 Å². The molecule has 0 aliphatic rings. The lowest BCUT2D eigenvalue weighted by Crippen LogP contribution is -2.10. The Morgan fingerprint density at radius 3 is 2.36 bits per heavy atom. The first-order valence-electron chi connectivity index (χ1n) is 3.88. The van der Waals surface area contributed by atoms with E-state index in [9.17, 15) is 4.79 Å². The van der Waals surface area contributed by atoms with Gasteiger partial charge in [-0.1, -0.05) is 0 Å². The summed E-state index contributed by atoms with van der Waals surface area (Å²) >= 11 is 0. The number of carboxylic acid groups (broad SMARTS) is 1. The van der Waals surface area contributed by atoms with Crippen LogP contribution in [0.5, 0.6) is 0 Å². The minimum atomic E-state index is -0.913. The van der Waals surface area contributed by atoms with Crippen LogP contribution in [0.2, 0.25) is 0 Å². The lowest BCUT2D eigenvalue weighted by molar-refractivity contribution is 0.0696.